The summed E-state index contributed by atoms with van der Waals surface area (Å²) in [5.74, 6) is 0.942. The van der Waals surface area contributed by atoms with Gasteiger partial charge in [0.1, 0.15) is 11.2 Å². The molecule has 1 atom stereocenters. The van der Waals surface area contributed by atoms with E-state index in [1.54, 1.807) is 23.1 Å². The Morgan fingerprint density at radius 3 is 2.11 bits per heavy atom. The molecule has 3 aromatic heterocycles. The van der Waals surface area contributed by atoms with Crippen LogP contribution in [0.5, 0.6) is 0 Å². The second-order valence-corrected chi connectivity index (χ2v) is 13.8. The van der Waals surface area contributed by atoms with Crippen LogP contribution in [0, 0.1) is 11.3 Å². The molecule has 6 aromatic rings. The van der Waals surface area contributed by atoms with E-state index in [0.29, 0.717) is 6.42 Å². The van der Waals surface area contributed by atoms with Crippen molar-refractivity contribution in [2.75, 3.05) is 12.8 Å². The smallest absolute Gasteiger partial charge is 0.137 e. The number of nitrogens with two attached hydrogens (primary N) is 1. The second kappa shape index (κ2) is 14.2. The molecule has 2 N–H and O–H groups in total. The Hall–Kier alpha value is -4.61. The number of hydrogen-bond donors (Lipinski definition) is 1. The largest absolute Gasteiger partial charge is 0.363 e. The van der Waals surface area contributed by atoms with Crippen LogP contribution in [0.2, 0.25) is 0 Å². The third-order valence-electron chi connectivity index (χ3n) is 8.28. The van der Waals surface area contributed by atoms with E-state index in [4.69, 9.17) is 16.0 Å². The molecule has 0 radical (unpaired) electrons. The van der Waals surface area contributed by atoms with Gasteiger partial charge in [-0.3, -0.25) is 4.40 Å². The Labute approximate surface area is 279 Å². The zero-order chi connectivity index (χ0) is 31.9. The van der Waals surface area contributed by atoms with Crippen LogP contribution in [0.1, 0.15) is 42.0 Å². The number of rotatable bonds is 12. The Bertz CT molecular complexity index is 1860. The van der Waals surface area contributed by atoms with Crippen molar-refractivity contribution >= 4 is 34.3 Å². The minimum atomic E-state index is -0.605. The first kappa shape index (κ1) is 31.4. The summed E-state index contributed by atoms with van der Waals surface area (Å²) in [5.41, 5.74) is 13.7. The number of imidazole rings is 1. The zero-order valence-electron chi connectivity index (χ0n) is 26.1. The van der Waals surface area contributed by atoms with Crippen molar-refractivity contribution in [1.29, 1.82) is 5.26 Å². The quantitative estimate of drug-likeness (QED) is 0.0822. The lowest BCUT2D eigenvalue weighted by Crippen LogP contribution is -2.43. The normalized spacial score (nSPS) is 12.6. The van der Waals surface area contributed by atoms with Gasteiger partial charge in [-0.25, -0.2) is 4.98 Å². The fourth-order valence-corrected chi connectivity index (χ4v) is 8.26. The third-order valence-corrected chi connectivity index (χ3v) is 10.7. The van der Waals surface area contributed by atoms with Gasteiger partial charge in [0, 0.05) is 31.9 Å². The van der Waals surface area contributed by atoms with Gasteiger partial charge in [0.2, 0.25) is 0 Å². The molecule has 3 aromatic carbocycles. The van der Waals surface area contributed by atoms with Crippen molar-refractivity contribution in [2.45, 2.75) is 35.6 Å². The highest BCUT2D eigenvalue weighted by molar-refractivity contribution is 8.01. The highest BCUT2D eigenvalue weighted by Crippen LogP contribution is 2.43. The molecule has 0 aliphatic heterocycles. The molecule has 3 heterocycles. The molecule has 0 spiro atoms. The summed E-state index contributed by atoms with van der Waals surface area (Å²) in [6.07, 6.45) is 7.82. The number of pyridine rings is 1. The van der Waals surface area contributed by atoms with Crippen LogP contribution >= 0.6 is 23.1 Å². The lowest BCUT2D eigenvalue weighted by molar-refractivity contribution is 0.281. The molecule has 5 nitrogen and oxygen atoms in total. The van der Waals surface area contributed by atoms with Crippen LogP contribution < -0.4 is 5.73 Å². The molecule has 0 aliphatic rings. The third kappa shape index (κ3) is 6.25. The van der Waals surface area contributed by atoms with Crippen LogP contribution in [0.4, 0.5) is 0 Å². The summed E-state index contributed by atoms with van der Waals surface area (Å²) in [7, 11) is 2.15. The minimum absolute atomic E-state index is 0.231. The number of aromatic nitrogens is 2. The number of benzene rings is 3. The molecule has 0 amide bonds. The van der Waals surface area contributed by atoms with Gasteiger partial charge in [0.15, 0.2) is 0 Å². The van der Waals surface area contributed by atoms with E-state index in [-0.39, 0.29) is 6.04 Å². The number of unbranched alkanes of at least 4 members (excludes halogenated alkanes) is 1. The van der Waals surface area contributed by atoms with Crippen molar-refractivity contribution in [3.05, 3.63) is 156 Å². The van der Waals surface area contributed by atoms with Crippen molar-refractivity contribution < 1.29 is 0 Å². The van der Waals surface area contributed by atoms with Gasteiger partial charge in [0.05, 0.1) is 27.0 Å². The molecule has 46 heavy (non-hydrogen) atoms. The molecule has 1 unspecified atom stereocenters. The van der Waals surface area contributed by atoms with Gasteiger partial charge >= 0.3 is 0 Å². The molecule has 6 rings (SSSR count). The van der Waals surface area contributed by atoms with Gasteiger partial charge in [-0.05, 0) is 71.2 Å². The maximum Gasteiger partial charge on any atom is 0.137 e. The van der Waals surface area contributed by atoms with Crippen LogP contribution in [-0.2, 0) is 5.54 Å². The summed E-state index contributed by atoms with van der Waals surface area (Å²) in [6.45, 7) is 2.04. The molecule has 7 heteroatoms. The Morgan fingerprint density at radius 1 is 0.935 bits per heavy atom. The molecular formula is C39H37N5S2. The van der Waals surface area contributed by atoms with E-state index in [9.17, 15) is 0 Å². The average Bonchev–Trinajstić information content (AvgIpc) is 3.74. The highest BCUT2D eigenvalue weighted by atomic mass is 32.2. The molecule has 230 valence electrons. The lowest BCUT2D eigenvalue weighted by atomic mass is 9.76. The van der Waals surface area contributed by atoms with Crippen LogP contribution in [0.25, 0.3) is 21.8 Å². The van der Waals surface area contributed by atoms with E-state index >= 15 is 0 Å². The molecule has 0 saturated heterocycles. The van der Waals surface area contributed by atoms with Crippen LogP contribution in [-0.4, -0.2) is 33.1 Å². The standard InChI is InChI=1S/C39H37N5S2/c1-29(41)34(30-20-22-37-42-26-35(44(37)27-30)36-21-23-38(46-36)45-25-13-12-24-40)28-43(2)39(31-14-6-3-7-15-31,32-16-8-4-9-17-32)33-18-10-5-11-19-33/h3-11,14-23,26-29H,12-13,25,41H2,1-2H3/b34-28+. The van der Waals surface area contributed by atoms with E-state index in [1.165, 1.54) is 20.9 Å². The topological polar surface area (TPSA) is 70.3 Å². The fourth-order valence-electron chi connectivity index (χ4n) is 6.10. The summed E-state index contributed by atoms with van der Waals surface area (Å²) >= 11 is 3.57. The predicted octanol–water partition coefficient (Wildman–Crippen LogP) is 9.07. The summed E-state index contributed by atoms with van der Waals surface area (Å²) in [6, 6.07) is 42.6. The molecular weight excluding hydrogens is 603 g/mol. The van der Waals surface area contributed by atoms with E-state index in [0.717, 1.165) is 39.5 Å². The second-order valence-electron chi connectivity index (χ2n) is 11.3. The number of nitriles is 1. The van der Waals surface area contributed by atoms with Crippen molar-refractivity contribution in [3.8, 4) is 16.6 Å². The number of thioether (sulfide) groups is 1. The van der Waals surface area contributed by atoms with Gasteiger partial charge < -0.3 is 10.6 Å². The Kier molecular flexibility index (Phi) is 9.70. The monoisotopic (exact) mass is 639 g/mol. The number of hydrogen-bond acceptors (Lipinski definition) is 6. The SMILES string of the molecule is CC(N)/C(=C\N(C)C(c1ccccc1)(c1ccccc1)c1ccccc1)c1ccc2ncc(-c3ccc(SCCCC#N)s3)n2c1. The average molecular weight is 640 g/mol. The summed E-state index contributed by atoms with van der Waals surface area (Å²) < 4.78 is 3.41. The zero-order valence-corrected chi connectivity index (χ0v) is 27.7. The van der Waals surface area contributed by atoms with Gasteiger partial charge in [0.25, 0.3) is 0 Å². The minimum Gasteiger partial charge on any atom is -0.363 e. The molecule has 0 saturated carbocycles. The maximum absolute atomic E-state index is 8.85. The first-order valence-corrected chi connectivity index (χ1v) is 17.3. The lowest BCUT2D eigenvalue weighted by Gasteiger charge is -2.44. The van der Waals surface area contributed by atoms with Gasteiger partial charge in [-0.2, -0.15) is 5.26 Å². The highest BCUT2D eigenvalue weighted by Gasteiger charge is 2.39. The predicted molar refractivity (Wildman–Crippen MR) is 193 cm³/mol. The summed E-state index contributed by atoms with van der Waals surface area (Å²) in [4.78, 5) is 8.20. The number of thiophene rings is 1. The first-order valence-electron chi connectivity index (χ1n) is 15.5. The van der Waals surface area contributed by atoms with E-state index in [1.807, 2.05) is 13.1 Å². The Balaban J connectivity index is 1.45. The molecule has 0 fully saturated rings. The van der Waals surface area contributed by atoms with E-state index in [2.05, 4.69) is 150 Å². The molecule has 0 bridgehead atoms. The fraction of sp³-hybridized carbons (Fsp3) is 0.179. The number of fused-ring (bicyclic) bond motifs is 1. The van der Waals surface area contributed by atoms with Crippen LogP contribution in [0.15, 0.2) is 138 Å². The van der Waals surface area contributed by atoms with Crippen molar-refractivity contribution in [1.82, 2.24) is 14.3 Å². The first-order chi connectivity index (χ1) is 22.5. The van der Waals surface area contributed by atoms with Gasteiger partial charge in [-0.1, -0.05) is 91.0 Å². The van der Waals surface area contributed by atoms with Gasteiger partial charge in [-0.15, -0.1) is 23.1 Å². The summed E-state index contributed by atoms with van der Waals surface area (Å²) in [5, 5.41) is 8.85. The van der Waals surface area contributed by atoms with Crippen molar-refractivity contribution in [2.24, 2.45) is 5.73 Å². The maximum atomic E-state index is 8.85. The number of nitrogens with zero attached hydrogens (tertiary/aromatic N) is 4. The van der Waals surface area contributed by atoms with Crippen LogP contribution in [0.3, 0.4) is 0 Å². The Morgan fingerprint density at radius 2 is 1.54 bits per heavy atom. The van der Waals surface area contributed by atoms with Crippen molar-refractivity contribution in [3.63, 3.8) is 0 Å². The van der Waals surface area contributed by atoms with E-state index < -0.39 is 5.54 Å². The molecule has 0 aliphatic carbocycles.